The minimum atomic E-state index is -4.37. The number of piperidine rings is 1. The Balaban J connectivity index is 1.60. The van der Waals surface area contributed by atoms with Crippen LogP contribution in [0.2, 0.25) is 0 Å². The van der Waals surface area contributed by atoms with Crippen LogP contribution in [0.15, 0.2) is 48.0 Å². The zero-order chi connectivity index (χ0) is 20.9. The first-order valence-corrected chi connectivity index (χ1v) is 9.47. The average Bonchev–Trinajstić information content (AvgIpc) is 3.23. The average molecular weight is 403 g/mol. The lowest BCUT2D eigenvalue weighted by Crippen LogP contribution is -2.49. The number of guanidine groups is 1. The summed E-state index contributed by atoms with van der Waals surface area (Å²) in [4.78, 5) is 10.7. The summed E-state index contributed by atoms with van der Waals surface area (Å²) >= 11 is 0. The summed E-state index contributed by atoms with van der Waals surface area (Å²) in [5.41, 5.74) is -0.357. The van der Waals surface area contributed by atoms with E-state index in [0.717, 1.165) is 37.6 Å². The topological polar surface area (TPSA) is 45.5 Å². The van der Waals surface area contributed by atoms with Gasteiger partial charge in [0.15, 0.2) is 5.96 Å². The zero-order valence-electron chi connectivity index (χ0n) is 16.4. The van der Waals surface area contributed by atoms with E-state index in [0.29, 0.717) is 24.1 Å². The maximum absolute atomic E-state index is 12.8. The molecular formula is C21H24F3N5. The Labute approximate surface area is 168 Å². The lowest BCUT2D eigenvalue weighted by molar-refractivity contribution is -0.137. The number of nitrogens with zero attached hydrogens (tertiary/aromatic N) is 4. The number of benzene rings is 1. The summed E-state index contributed by atoms with van der Waals surface area (Å²) in [5, 5.41) is 3.19. The SMILES string of the molecule is CN=C(NCC#Cc1cccc(C(F)(F)F)c1)N1CCC(C)C(n2ccnc2)C1. The van der Waals surface area contributed by atoms with Gasteiger partial charge in [-0.3, -0.25) is 4.99 Å². The fraction of sp³-hybridized carbons (Fsp3) is 0.429. The molecule has 29 heavy (non-hydrogen) atoms. The van der Waals surface area contributed by atoms with Crippen LogP contribution in [0, 0.1) is 17.8 Å². The standard InChI is InChI=1S/C21H24F3N5/c1-16-8-11-28(14-19(16)29-12-10-26-15-29)20(25-2)27-9-4-6-17-5-3-7-18(13-17)21(22,23)24/h3,5,7,10,12-13,15-16,19H,8-9,11,14H2,1-2H3,(H,25,27). The predicted octanol–water partition coefficient (Wildman–Crippen LogP) is 3.41. The van der Waals surface area contributed by atoms with Crippen LogP contribution >= 0.6 is 0 Å². The minimum Gasteiger partial charge on any atom is -0.345 e. The monoisotopic (exact) mass is 403 g/mol. The highest BCUT2D eigenvalue weighted by Gasteiger charge is 2.30. The van der Waals surface area contributed by atoms with E-state index >= 15 is 0 Å². The van der Waals surface area contributed by atoms with Gasteiger partial charge in [0.1, 0.15) is 0 Å². The Kier molecular flexibility index (Phi) is 6.47. The molecule has 1 N–H and O–H groups in total. The van der Waals surface area contributed by atoms with E-state index in [1.165, 1.54) is 6.07 Å². The van der Waals surface area contributed by atoms with Gasteiger partial charge in [-0.2, -0.15) is 13.2 Å². The summed E-state index contributed by atoms with van der Waals surface area (Å²) in [6.07, 6.45) is 2.25. The fourth-order valence-corrected chi connectivity index (χ4v) is 3.47. The van der Waals surface area contributed by atoms with Gasteiger partial charge in [-0.05, 0) is 30.5 Å². The van der Waals surface area contributed by atoms with Crippen molar-refractivity contribution < 1.29 is 13.2 Å². The van der Waals surface area contributed by atoms with Crippen LogP contribution < -0.4 is 5.32 Å². The van der Waals surface area contributed by atoms with Gasteiger partial charge in [0.05, 0.1) is 24.5 Å². The van der Waals surface area contributed by atoms with Crippen LogP contribution in [0.1, 0.15) is 30.5 Å². The molecule has 0 spiro atoms. The van der Waals surface area contributed by atoms with Crippen LogP contribution in [-0.2, 0) is 6.18 Å². The van der Waals surface area contributed by atoms with Crippen molar-refractivity contribution in [1.29, 1.82) is 0 Å². The van der Waals surface area contributed by atoms with Crippen molar-refractivity contribution in [3.8, 4) is 11.8 Å². The number of aliphatic imine (C=N–C) groups is 1. The Morgan fingerprint density at radius 3 is 2.90 bits per heavy atom. The second-order valence-electron chi connectivity index (χ2n) is 7.07. The molecule has 8 heteroatoms. The molecule has 2 heterocycles. The summed E-state index contributed by atoms with van der Waals surface area (Å²) in [6, 6.07) is 5.34. The molecule has 1 aliphatic rings. The Morgan fingerprint density at radius 1 is 1.38 bits per heavy atom. The Hall–Kier alpha value is -2.95. The summed E-state index contributed by atoms with van der Waals surface area (Å²) in [6.45, 7) is 4.22. The number of likely N-dealkylation sites (tertiary alicyclic amines) is 1. The molecule has 0 amide bonds. The van der Waals surface area contributed by atoms with Gasteiger partial charge in [-0.15, -0.1) is 0 Å². The molecule has 0 saturated carbocycles. The normalized spacial score (nSPS) is 20.2. The smallest absolute Gasteiger partial charge is 0.345 e. The molecule has 0 bridgehead atoms. The van der Waals surface area contributed by atoms with E-state index < -0.39 is 11.7 Å². The molecular weight excluding hydrogens is 379 g/mol. The molecule has 154 valence electrons. The third kappa shape index (κ3) is 5.31. The van der Waals surface area contributed by atoms with Gasteiger partial charge in [0.2, 0.25) is 0 Å². The van der Waals surface area contributed by atoms with E-state index in [2.05, 4.69) is 43.5 Å². The van der Waals surface area contributed by atoms with Crippen molar-refractivity contribution in [1.82, 2.24) is 19.8 Å². The van der Waals surface area contributed by atoms with Gasteiger partial charge >= 0.3 is 6.18 Å². The summed E-state index contributed by atoms with van der Waals surface area (Å²) < 4.78 is 40.5. The second kappa shape index (κ2) is 9.03. The third-order valence-corrected chi connectivity index (χ3v) is 5.10. The lowest BCUT2D eigenvalue weighted by atomic mass is 9.93. The van der Waals surface area contributed by atoms with Gasteiger partial charge in [-0.1, -0.05) is 24.8 Å². The number of aromatic nitrogens is 2. The van der Waals surface area contributed by atoms with Crippen molar-refractivity contribution in [3.63, 3.8) is 0 Å². The molecule has 1 saturated heterocycles. The minimum absolute atomic E-state index is 0.296. The van der Waals surface area contributed by atoms with Crippen molar-refractivity contribution in [2.45, 2.75) is 25.6 Å². The predicted molar refractivity (Wildman–Crippen MR) is 106 cm³/mol. The molecule has 1 aromatic heterocycles. The van der Waals surface area contributed by atoms with Crippen molar-refractivity contribution in [2.24, 2.45) is 10.9 Å². The number of rotatable bonds is 2. The highest BCUT2D eigenvalue weighted by Crippen LogP contribution is 2.29. The van der Waals surface area contributed by atoms with Crippen LogP contribution in [0.4, 0.5) is 13.2 Å². The lowest BCUT2D eigenvalue weighted by Gasteiger charge is -2.39. The van der Waals surface area contributed by atoms with E-state index in [9.17, 15) is 13.2 Å². The maximum Gasteiger partial charge on any atom is 0.416 e. The van der Waals surface area contributed by atoms with Gasteiger partial charge < -0.3 is 14.8 Å². The first kappa shape index (κ1) is 20.8. The van der Waals surface area contributed by atoms with Crippen molar-refractivity contribution in [3.05, 3.63) is 54.1 Å². The molecule has 1 aromatic carbocycles. The largest absolute Gasteiger partial charge is 0.416 e. The zero-order valence-corrected chi connectivity index (χ0v) is 16.4. The second-order valence-corrected chi connectivity index (χ2v) is 7.07. The van der Waals surface area contributed by atoms with Crippen LogP contribution in [0.3, 0.4) is 0 Å². The molecule has 2 aromatic rings. The number of imidazole rings is 1. The van der Waals surface area contributed by atoms with E-state index in [1.807, 2.05) is 12.5 Å². The highest BCUT2D eigenvalue weighted by molar-refractivity contribution is 5.80. The van der Waals surface area contributed by atoms with Gasteiger partial charge in [-0.25, -0.2) is 4.98 Å². The molecule has 3 rings (SSSR count). The quantitative estimate of drug-likeness (QED) is 0.475. The molecule has 1 fully saturated rings. The van der Waals surface area contributed by atoms with E-state index in [4.69, 9.17) is 0 Å². The maximum atomic E-state index is 12.8. The number of hydrogen-bond acceptors (Lipinski definition) is 2. The number of halogens is 3. The highest BCUT2D eigenvalue weighted by atomic mass is 19.4. The number of nitrogens with one attached hydrogen (secondary N) is 1. The molecule has 2 unspecified atom stereocenters. The molecule has 0 radical (unpaired) electrons. The van der Waals surface area contributed by atoms with Gasteiger partial charge in [0, 0.05) is 38.1 Å². The Morgan fingerprint density at radius 2 is 2.21 bits per heavy atom. The van der Waals surface area contributed by atoms with Crippen molar-refractivity contribution >= 4 is 5.96 Å². The first-order chi connectivity index (χ1) is 13.9. The molecule has 2 atom stereocenters. The van der Waals surface area contributed by atoms with Crippen LogP contribution in [0.5, 0.6) is 0 Å². The van der Waals surface area contributed by atoms with Gasteiger partial charge in [0.25, 0.3) is 0 Å². The van der Waals surface area contributed by atoms with Crippen molar-refractivity contribution in [2.75, 3.05) is 26.7 Å². The molecule has 5 nitrogen and oxygen atoms in total. The summed E-state index contributed by atoms with van der Waals surface area (Å²) in [7, 11) is 1.72. The first-order valence-electron chi connectivity index (χ1n) is 9.47. The summed E-state index contributed by atoms with van der Waals surface area (Å²) in [5.74, 6) is 6.92. The van der Waals surface area contributed by atoms with Crippen LogP contribution in [-0.4, -0.2) is 47.1 Å². The fourth-order valence-electron chi connectivity index (χ4n) is 3.47. The Bertz CT molecular complexity index is 893. The van der Waals surface area contributed by atoms with E-state index in [1.54, 1.807) is 19.3 Å². The third-order valence-electron chi connectivity index (χ3n) is 5.10. The molecule has 0 aliphatic carbocycles. The molecule has 1 aliphatic heterocycles. The van der Waals surface area contributed by atoms with Crippen LogP contribution in [0.25, 0.3) is 0 Å². The number of hydrogen-bond donors (Lipinski definition) is 1. The van der Waals surface area contributed by atoms with E-state index in [-0.39, 0.29) is 0 Å². The number of alkyl halides is 3.